The molecule has 2 aromatic carbocycles. The van der Waals surface area contributed by atoms with Crippen molar-refractivity contribution in [3.63, 3.8) is 0 Å². The maximum atomic E-state index is 13.6. The number of hydrogen-bond donors (Lipinski definition) is 1. The normalized spacial score (nSPS) is 10.7. The lowest BCUT2D eigenvalue weighted by molar-refractivity contribution is -0.132. The first-order chi connectivity index (χ1) is 18.2. The SMILES string of the molecule is CCCN(CC(=O)N(CCc1ccc(OC)c(OC)c1)Cc1ccc(C)s1)C(=O)Nc1ccc(C)c(Cl)c1. The molecule has 9 heteroatoms. The molecule has 0 aliphatic carbocycles. The van der Waals surface area contributed by atoms with Gasteiger partial charge in [-0.3, -0.25) is 4.79 Å². The molecule has 1 heterocycles. The summed E-state index contributed by atoms with van der Waals surface area (Å²) in [6, 6.07) is 14.9. The van der Waals surface area contributed by atoms with Gasteiger partial charge in [-0.25, -0.2) is 4.79 Å². The summed E-state index contributed by atoms with van der Waals surface area (Å²) in [5.41, 5.74) is 2.56. The van der Waals surface area contributed by atoms with Crippen molar-refractivity contribution in [2.45, 2.75) is 40.2 Å². The summed E-state index contributed by atoms with van der Waals surface area (Å²) in [6.07, 6.45) is 1.36. The molecule has 0 radical (unpaired) electrons. The molecule has 1 N–H and O–H groups in total. The topological polar surface area (TPSA) is 71.1 Å². The van der Waals surface area contributed by atoms with Gasteiger partial charge in [-0.2, -0.15) is 0 Å². The van der Waals surface area contributed by atoms with Crippen LogP contribution < -0.4 is 14.8 Å². The van der Waals surface area contributed by atoms with E-state index in [0.717, 1.165) is 22.4 Å². The quantitative estimate of drug-likeness (QED) is 0.274. The van der Waals surface area contributed by atoms with Gasteiger partial charge in [0.25, 0.3) is 0 Å². The first kappa shape index (κ1) is 29.3. The molecule has 0 spiro atoms. The highest BCUT2D eigenvalue weighted by atomic mass is 35.5. The van der Waals surface area contributed by atoms with Crippen LogP contribution in [0.4, 0.5) is 10.5 Å². The van der Waals surface area contributed by atoms with Crippen molar-refractivity contribution in [1.82, 2.24) is 9.80 Å². The van der Waals surface area contributed by atoms with E-state index in [0.29, 0.717) is 48.3 Å². The average Bonchev–Trinajstić information content (AvgIpc) is 3.32. The maximum absolute atomic E-state index is 13.6. The Hall–Kier alpha value is -3.23. The van der Waals surface area contributed by atoms with Crippen LogP contribution in [0.25, 0.3) is 0 Å². The van der Waals surface area contributed by atoms with Gasteiger partial charge in [0.2, 0.25) is 5.91 Å². The number of rotatable bonds is 12. The zero-order valence-corrected chi connectivity index (χ0v) is 24.2. The highest BCUT2D eigenvalue weighted by Gasteiger charge is 2.22. The van der Waals surface area contributed by atoms with E-state index < -0.39 is 0 Å². The monoisotopic (exact) mass is 557 g/mol. The summed E-state index contributed by atoms with van der Waals surface area (Å²) in [6.45, 7) is 7.36. The second-order valence-electron chi connectivity index (χ2n) is 9.08. The minimum absolute atomic E-state index is 0.0183. The van der Waals surface area contributed by atoms with E-state index in [1.54, 1.807) is 42.6 Å². The largest absolute Gasteiger partial charge is 0.493 e. The number of amides is 3. The van der Waals surface area contributed by atoms with E-state index in [1.807, 2.05) is 49.1 Å². The van der Waals surface area contributed by atoms with E-state index in [4.69, 9.17) is 21.1 Å². The molecule has 7 nitrogen and oxygen atoms in total. The second-order valence-corrected chi connectivity index (χ2v) is 10.9. The predicted molar refractivity (Wildman–Crippen MR) is 155 cm³/mol. The summed E-state index contributed by atoms with van der Waals surface area (Å²) in [7, 11) is 3.21. The molecule has 0 saturated carbocycles. The minimum Gasteiger partial charge on any atom is -0.493 e. The molecule has 0 atom stereocenters. The van der Waals surface area contributed by atoms with Crippen molar-refractivity contribution >= 4 is 40.6 Å². The van der Waals surface area contributed by atoms with Gasteiger partial charge in [0.15, 0.2) is 11.5 Å². The van der Waals surface area contributed by atoms with Crippen LogP contribution in [-0.2, 0) is 17.8 Å². The standard InChI is InChI=1S/C29H36ClN3O4S/c1-6-14-33(29(35)31-23-10-7-20(2)25(30)17-23)19-28(34)32(18-24-11-8-21(3)38-24)15-13-22-9-12-26(36-4)27(16-22)37-5/h7-12,16-17H,6,13-15,18-19H2,1-5H3,(H,31,35). The number of aryl methyl sites for hydroxylation is 2. The molecule has 38 heavy (non-hydrogen) atoms. The first-order valence-corrected chi connectivity index (χ1v) is 13.8. The van der Waals surface area contributed by atoms with Crippen molar-refractivity contribution in [2.75, 3.05) is 39.2 Å². The molecular weight excluding hydrogens is 522 g/mol. The van der Waals surface area contributed by atoms with Gasteiger partial charge in [0.1, 0.15) is 6.54 Å². The maximum Gasteiger partial charge on any atom is 0.322 e. The average molecular weight is 558 g/mol. The smallest absolute Gasteiger partial charge is 0.322 e. The van der Waals surface area contributed by atoms with Crippen molar-refractivity contribution in [1.29, 1.82) is 0 Å². The lowest BCUT2D eigenvalue weighted by atomic mass is 10.1. The Bertz CT molecular complexity index is 1250. The van der Waals surface area contributed by atoms with E-state index in [9.17, 15) is 9.59 Å². The molecule has 0 saturated heterocycles. The van der Waals surface area contributed by atoms with Gasteiger partial charge in [-0.15, -0.1) is 11.3 Å². The fourth-order valence-electron chi connectivity index (χ4n) is 4.01. The fourth-order valence-corrected chi connectivity index (χ4v) is 5.10. The molecule has 0 fully saturated rings. The Morgan fingerprint density at radius 3 is 2.34 bits per heavy atom. The van der Waals surface area contributed by atoms with Crippen LogP contribution >= 0.6 is 22.9 Å². The predicted octanol–water partition coefficient (Wildman–Crippen LogP) is 6.55. The molecule has 3 aromatic rings. The van der Waals surface area contributed by atoms with Crippen molar-refractivity contribution in [3.8, 4) is 11.5 Å². The Balaban J connectivity index is 1.74. The number of benzene rings is 2. The molecule has 3 amide bonds. The van der Waals surface area contributed by atoms with E-state index in [2.05, 4.69) is 18.3 Å². The van der Waals surface area contributed by atoms with Crippen LogP contribution in [-0.4, -0.2) is 55.6 Å². The van der Waals surface area contributed by atoms with Gasteiger partial charge in [-0.05, 0) is 74.2 Å². The second kappa shape index (κ2) is 14.1. The summed E-state index contributed by atoms with van der Waals surface area (Å²) in [5, 5.41) is 3.46. The number of hydrogen-bond acceptors (Lipinski definition) is 5. The van der Waals surface area contributed by atoms with Crippen LogP contribution in [0.3, 0.4) is 0 Å². The van der Waals surface area contributed by atoms with E-state index in [-0.39, 0.29) is 18.5 Å². The van der Waals surface area contributed by atoms with Crippen LogP contribution in [0.2, 0.25) is 5.02 Å². The highest BCUT2D eigenvalue weighted by molar-refractivity contribution is 7.11. The molecule has 0 aliphatic rings. The number of urea groups is 1. The molecule has 1 aromatic heterocycles. The molecule has 0 bridgehead atoms. The number of nitrogens with zero attached hydrogens (tertiary/aromatic N) is 2. The van der Waals surface area contributed by atoms with Gasteiger partial charge in [-0.1, -0.05) is 30.7 Å². The number of halogens is 1. The van der Waals surface area contributed by atoms with Crippen LogP contribution in [0.15, 0.2) is 48.5 Å². The minimum atomic E-state index is -0.327. The van der Waals surface area contributed by atoms with Crippen LogP contribution in [0.1, 0.15) is 34.2 Å². The van der Waals surface area contributed by atoms with E-state index >= 15 is 0 Å². The number of thiophene rings is 1. The number of carbonyl (C=O) groups is 2. The number of nitrogens with one attached hydrogen (secondary N) is 1. The fraction of sp³-hybridized carbons (Fsp3) is 0.379. The van der Waals surface area contributed by atoms with Crippen LogP contribution in [0, 0.1) is 13.8 Å². The lowest BCUT2D eigenvalue weighted by Crippen LogP contribution is -2.45. The highest BCUT2D eigenvalue weighted by Crippen LogP contribution is 2.28. The van der Waals surface area contributed by atoms with Gasteiger partial charge >= 0.3 is 6.03 Å². The lowest BCUT2D eigenvalue weighted by Gasteiger charge is -2.27. The molecule has 0 unspecified atom stereocenters. The Kier molecular flexibility index (Phi) is 10.9. The Morgan fingerprint density at radius 1 is 0.947 bits per heavy atom. The summed E-state index contributed by atoms with van der Waals surface area (Å²) >= 11 is 7.89. The molecule has 0 aliphatic heterocycles. The molecule has 3 rings (SSSR count). The van der Waals surface area contributed by atoms with Crippen molar-refractivity contribution < 1.29 is 19.1 Å². The van der Waals surface area contributed by atoms with Gasteiger partial charge in [0, 0.05) is 33.6 Å². The molecule has 204 valence electrons. The first-order valence-electron chi connectivity index (χ1n) is 12.6. The summed E-state index contributed by atoms with van der Waals surface area (Å²) < 4.78 is 10.8. The number of anilines is 1. The third-order valence-electron chi connectivity index (χ3n) is 6.14. The zero-order chi connectivity index (χ0) is 27.7. The number of carbonyl (C=O) groups excluding carboxylic acids is 2. The number of ether oxygens (including phenoxy) is 2. The van der Waals surface area contributed by atoms with Crippen LogP contribution in [0.5, 0.6) is 11.5 Å². The van der Waals surface area contributed by atoms with E-state index in [1.165, 1.54) is 4.88 Å². The summed E-state index contributed by atoms with van der Waals surface area (Å²) in [4.78, 5) is 32.4. The zero-order valence-electron chi connectivity index (χ0n) is 22.7. The third-order valence-corrected chi connectivity index (χ3v) is 7.54. The number of methoxy groups -OCH3 is 2. The molecular formula is C29H36ClN3O4S. The van der Waals surface area contributed by atoms with Gasteiger partial charge < -0.3 is 24.6 Å². The Labute approximate surface area is 234 Å². The summed E-state index contributed by atoms with van der Waals surface area (Å²) in [5.74, 6) is 1.20. The van der Waals surface area contributed by atoms with Crippen molar-refractivity contribution in [2.24, 2.45) is 0 Å². The Morgan fingerprint density at radius 2 is 1.71 bits per heavy atom. The van der Waals surface area contributed by atoms with Gasteiger partial charge in [0.05, 0.1) is 20.8 Å². The van der Waals surface area contributed by atoms with Crippen molar-refractivity contribution in [3.05, 3.63) is 74.4 Å². The third kappa shape index (κ3) is 8.13.